The number of hydrogen-bond acceptors (Lipinski definition) is 6. The molecule has 3 heterocycles. The molecule has 4 rings (SSSR count). The van der Waals surface area contributed by atoms with Crippen LogP contribution in [0.4, 0.5) is 24.7 Å². The van der Waals surface area contributed by atoms with Crippen molar-refractivity contribution in [3.63, 3.8) is 0 Å². The Morgan fingerprint density at radius 1 is 1.19 bits per heavy atom. The van der Waals surface area contributed by atoms with Crippen LogP contribution in [0.2, 0.25) is 0 Å². The van der Waals surface area contributed by atoms with Gasteiger partial charge in [0.2, 0.25) is 0 Å². The Bertz CT molecular complexity index is 943. The van der Waals surface area contributed by atoms with Gasteiger partial charge in [-0.15, -0.1) is 0 Å². The summed E-state index contributed by atoms with van der Waals surface area (Å²) < 4.78 is 45.2. The van der Waals surface area contributed by atoms with Crippen LogP contribution in [0.25, 0.3) is 0 Å². The summed E-state index contributed by atoms with van der Waals surface area (Å²) in [6.45, 7) is 6.86. The Morgan fingerprint density at radius 2 is 1.94 bits per heavy atom. The van der Waals surface area contributed by atoms with E-state index in [4.69, 9.17) is 10.5 Å². The zero-order valence-electron chi connectivity index (χ0n) is 17.8. The van der Waals surface area contributed by atoms with E-state index >= 15 is 0 Å². The van der Waals surface area contributed by atoms with E-state index in [1.54, 1.807) is 6.07 Å². The van der Waals surface area contributed by atoms with Gasteiger partial charge < -0.3 is 15.8 Å². The van der Waals surface area contributed by atoms with Crippen LogP contribution in [-0.2, 0) is 23.9 Å². The number of nitrogens with two attached hydrogens (primary N) is 1. The van der Waals surface area contributed by atoms with E-state index in [9.17, 15) is 13.2 Å². The van der Waals surface area contributed by atoms with E-state index in [1.165, 1.54) is 0 Å². The van der Waals surface area contributed by atoms with Gasteiger partial charge in [-0.05, 0) is 50.5 Å². The highest BCUT2D eigenvalue weighted by Crippen LogP contribution is 2.34. The maximum atomic E-state index is 13.2. The standard InChI is InChI=1S/C22H28F3N5O/c1-13(15-9-16(22(23,24)25)11-17(26)10-15)27-21-19-12-30(18-4-7-31-8-5-18)6-3-20(19)28-14(2)29-21/h9-11,13,18H,3-8,12,26H2,1-2H3,(H,27,28,29)/t13-/m1/s1. The van der Waals surface area contributed by atoms with Crippen molar-refractivity contribution >= 4 is 11.5 Å². The molecule has 0 saturated carbocycles. The summed E-state index contributed by atoms with van der Waals surface area (Å²) in [6, 6.07) is 3.74. The molecule has 0 unspecified atom stereocenters. The van der Waals surface area contributed by atoms with Crippen LogP contribution in [0.15, 0.2) is 18.2 Å². The van der Waals surface area contributed by atoms with E-state index in [1.807, 2.05) is 13.8 Å². The zero-order chi connectivity index (χ0) is 22.2. The van der Waals surface area contributed by atoms with Crippen molar-refractivity contribution < 1.29 is 17.9 Å². The van der Waals surface area contributed by atoms with Gasteiger partial charge in [-0.1, -0.05) is 0 Å². The summed E-state index contributed by atoms with van der Waals surface area (Å²) in [5.74, 6) is 1.33. The summed E-state index contributed by atoms with van der Waals surface area (Å²) in [4.78, 5) is 11.7. The quantitative estimate of drug-likeness (QED) is 0.705. The lowest BCUT2D eigenvalue weighted by atomic mass is 9.99. The first-order valence-electron chi connectivity index (χ1n) is 10.6. The Labute approximate surface area is 180 Å². The number of alkyl halides is 3. The lowest BCUT2D eigenvalue weighted by Gasteiger charge is -2.37. The third-order valence-corrected chi connectivity index (χ3v) is 6.07. The van der Waals surface area contributed by atoms with Crippen molar-refractivity contribution in [3.8, 4) is 0 Å². The van der Waals surface area contributed by atoms with Crippen LogP contribution in [0, 0.1) is 6.92 Å². The predicted molar refractivity (Wildman–Crippen MR) is 113 cm³/mol. The molecule has 2 aromatic rings. The van der Waals surface area contributed by atoms with Crippen molar-refractivity contribution in [3.05, 3.63) is 46.4 Å². The molecular formula is C22H28F3N5O. The second-order valence-corrected chi connectivity index (χ2v) is 8.36. The number of benzene rings is 1. The molecule has 1 atom stereocenters. The maximum Gasteiger partial charge on any atom is 0.416 e. The third kappa shape index (κ3) is 4.93. The first-order chi connectivity index (χ1) is 14.7. The normalized spacial score (nSPS) is 19.1. The topological polar surface area (TPSA) is 76.3 Å². The highest BCUT2D eigenvalue weighted by molar-refractivity contribution is 5.52. The molecule has 2 aliphatic heterocycles. The van der Waals surface area contributed by atoms with Crippen LogP contribution in [0.1, 0.15) is 54.0 Å². The van der Waals surface area contributed by atoms with E-state index in [0.717, 1.165) is 69.0 Å². The number of aryl methyl sites for hydroxylation is 1. The molecule has 9 heteroatoms. The Kier molecular flexibility index (Phi) is 6.07. The summed E-state index contributed by atoms with van der Waals surface area (Å²) in [5, 5.41) is 3.33. The van der Waals surface area contributed by atoms with Crippen molar-refractivity contribution in [2.45, 2.75) is 57.9 Å². The molecule has 168 valence electrons. The minimum atomic E-state index is -4.45. The largest absolute Gasteiger partial charge is 0.416 e. The van der Waals surface area contributed by atoms with Crippen LogP contribution in [0.3, 0.4) is 0 Å². The van der Waals surface area contributed by atoms with Crippen LogP contribution in [0.5, 0.6) is 0 Å². The van der Waals surface area contributed by atoms with Crippen LogP contribution >= 0.6 is 0 Å². The second-order valence-electron chi connectivity index (χ2n) is 8.36. The van der Waals surface area contributed by atoms with E-state index in [-0.39, 0.29) is 5.69 Å². The lowest BCUT2D eigenvalue weighted by Crippen LogP contribution is -2.43. The van der Waals surface area contributed by atoms with Crippen molar-refractivity contribution in [2.75, 3.05) is 30.8 Å². The molecular weight excluding hydrogens is 407 g/mol. The van der Waals surface area contributed by atoms with Gasteiger partial charge in [0.25, 0.3) is 0 Å². The average molecular weight is 435 g/mol. The van der Waals surface area contributed by atoms with Gasteiger partial charge in [0.05, 0.1) is 17.3 Å². The molecule has 0 bridgehead atoms. The molecule has 0 radical (unpaired) electrons. The maximum absolute atomic E-state index is 13.2. The van der Waals surface area contributed by atoms with E-state index in [0.29, 0.717) is 23.2 Å². The van der Waals surface area contributed by atoms with Gasteiger partial charge in [-0.25, -0.2) is 9.97 Å². The smallest absolute Gasteiger partial charge is 0.399 e. The number of rotatable bonds is 4. The van der Waals surface area contributed by atoms with Crippen LogP contribution in [-0.4, -0.2) is 40.7 Å². The monoisotopic (exact) mass is 435 g/mol. The molecule has 2 aliphatic rings. The lowest BCUT2D eigenvalue weighted by molar-refractivity contribution is -0.137. The number of anilines is 2. The molecule has 0 amide bonds. The second kappa shape index (κ2) is 8.63. The Hall–Kier alpha value is -2.39. The average Bonchev–Trinajstić information content (AvgIpc) is 2.73. The van der Waals surface area contributed by atoms with E-state index in [2.05, 4.69) is 20.2 Å². The predicted octanol–water partition coefficient (Wildman–Crippen LogP) is 4.10. The van der Waals surface area contributed by atoms with Gasteiger partial charge in [0.1, 0.15) is 11.6 Å². The zero-order valence-corrected chi connectivity index (χ0v) is 17.8. The molecule has 1 saturated heterocycles. The van der Waals surface area contributed by atoms with Crippen molar-refractivity contribution in [2.24, 2.45) is 0 Å². The Balaban J connectivity index is 1.59. The number of aromatic nitrogens is 2. The fourth-order valence-electron chi connectivity index (χ4n) is 4.42. The molecule has 1 aromatic heterocycles. The van der Waals surface area contributed by atoms with Gasteiger partial charge in [0, 0.05) is 50.0 Å². The minimum absolute atomic E-state index is 0.0880. The highest BCUT2D eigenvalue weighted by Gasteiger charge is 2.32. The van der Waals surface area contributed by atoms with Gasteiger partial charge in [-0.2, -0.15) is 13.2 Å². The molecule has 6 nitrogen and oxygen atoms in total. The number of ether oxygens (including phenoxy) is 1. The van der Waals surface area contributed by atoms with Gasteiger partial charge in [0.15, 0.2) is 0 Å². The highest BCUT2D eigenvalue weighted by atomic mass is 19.4. The fourth-order valence-corrected chi connectivity index (χ4v) is 4.42. The summed E-state index contributed by atoms with van der Waals surface area (Å²) in [7, 11) is 0. The molecule has 31 heavy (non-hydrogen) atoms. The fraction of sp³-hybridized carbons (Fsp3) is 0.545. The number of nitrogens with one attached hydrogen (secondary N) is 1. The third-order valence-electron chi connectivity index (χ3n) is 6.07. The number of halogens is 3. The molecule has 0 spiro atoms. The molecule has 1 fully saturated rings. The number of hydrogen-bond donors (Lipinski definition) is 2. The van der Waals surface area contributed by atoms with Gasteiger partial charge >= 0.3 is 6.18 Å². The molecule has 1 aromatic carbocycles. The van der Waals surface area contributed by atoms with Gasteiger partial charge in [-0.3, -0.25) is 4.90 Å². The Morgan fingerprint density at radius 3 is 2.65 bits per heavy atom. The molecule has 3 N–H and O–H groups in total. The van der Waals surface area contributed by atoms with E-state index < -0.39 is 17.8 Å². The molecule has 0 aliphatic carbocycles. The first-order valence-corrected chi connectivity index (χ1v) is 10.6. The first kappa shape index (κ1) is 21.8. The number of nitrogen functional groups attached to an aromatic ring is 1. The van der Waals surface area contributed by atoms with Crippen molar-refractivity contribution in [1.82, 2.24) is 14.9 Å². The van der Waals surface area contributed by atoms with Crippen molar-refractivity contribution in [1.29, 1.82) is 0 Å². The van der Waals surface area contributed by atoms with Crippen LogP contribution < -0.4 is 11.1 Å². The number of fused-ring (bicyclic) bond motifs is 1. The summed E-state index contributed by atoms with van der Waals surface area (Å²) >= 11 is 0. The number of nitrogens with zero attached hydrogens (tertiary/aromatic N) is 3. The summed E-state index contributed by atoms with van der Waals surface area (Å²) in [6.07, 6.45) is -1.61. The SMILES string of the molecule is Cc1nc2c(c(N[C@H](C)c3cc(N)cc(C(F)(F)F)c3)n1)CN(C1CCOCC1)CC2. The minimum Gasteiger partial charge on any atom is -0.399 e. The summed E-state index contributed by atoms with van der Waals surface area (Å²) in [5.41, 5.74) is 7.59.